The van der Waals surface area contributed by atoms with Crippen LogP contribution in [0.2, 0.25) is 0 Å². The number of aryl methyl sites for hydroxylation is 2. The summed E-state index contributed by atoms with van der Waals surface area (Å²) in [5.74, 6) is -0.947. The summed E-state index contributed by atoms with van der Waals surface area (Å²) in [4.78, 5) is 23.6. The van der Waals surface area contributed by atoms with Gasteiger partial charge in [-0.05, 0) is 31.7 Å². The summed E-state index contributed by atoms with van der Waals surface area (Å²) in [7, 11) is 0. The lowest BCUT2D eigenvalue weighted by Crippen LogP contribution is -1.94. The lowest BCUT2D eigenvalue weighted by atomic mass is 10.4. The molecule has 0 unspecified atom stereocenters. The minimum absolute atomic E-state index is 0.264. The molecule has 0 radical (unpaired) electrons. The van der Waals surface area contributed by atoms with Crippen molar-refractivity contribution in [2.45, 2.75) is 23.3 Å². The van der Waals surface area contributed by atoms with Gasteiger partial charge >= 0.3 is 5.97 Å². The SMILES string of the molecule is Cc1ccnc(Sc2nc(C)c(C(=O)O)s2)n1. The van der Waals surface area contributed by atoms with Gasteiger partial charge in [-0.25, -0.2) is 19.7 Å². The maximum absolute atomic E-state index is 10.9. The van der Waals surface area contributed by atoms with E-state index >= 15 is 0 Å². The number of nitrogens with zero attached hydrogens (tertiary/aromatic N) is 3. The Bertz CT molecular complexity index is 568. The molecule has 5 nitrogen and oxygen atoms in total. The van der Waals surface area contributed by atoms with E-state index in [-0.39, 0.29) is 4.88 Å². The normalized spacial score (nSPS) is 10.5. The molecule has 0 atom stereocenters. The third-order valence-electron chi connectivity index (χ3n) is 1.92. The molecule has 7 heteroatoms. The lowest BCUT2D eigenvalue weighted by Gasteiger charge is -1.96. The molecule has 0 spiro atoms. The molecule has 2 aromatic heterocycles. The Morgan fingerprint density at radius 2 is 2.18 bits per heavy atom. The molecule has 2 rings (SSSR count). The van der Waals surface area contributed by atoms with Gasteiger partial charge in [0.05, 0.1) is 5.69 Å². The smallest absolute Gasteiger partial charge is 0.347 e. The molecular formula is C10H9N3O2S2. The molecule has 0 bridgehead atoms. The summed E-state index contributed by atoms with van der Waals surface area (Å²) in [6, 6.07) is 1.81. The van der Waals surface area contributed by atoms with Crippen LogP contribution in [0.15, 0.2) is 21.8 Å². The van der Waals surface area contributed by atoms with Gasteiger partial charge in [0, 0.05) is 11.9 Å². The molecule has 0 aliphatic rings. The van der Waals surface area contributed by atoms with Crippen LogP contribution < -0.4 is 0 Å². The fourth-order valence-electron chi connectivity index (χ4n) is 1.17. The van der Waals surface area contributed by atoms with Crippen LogP contribution in [0.1, 0.15) is 21.1 Å². The Morgan fingerprint density at radius 3 is 2.76 bits per heavy atom. The van der Waals surface area contributed by atoms with Crippen molar-refractivity contribution >= 4 is 29.1 Å². The molecule has 1 N–H and O–H groups in total. The molecule has 0 aliphatic carbocycles. The van der Waals surface area contributed by atoms with E-state index in [9.17, 15) is 4.79 Å². The van der Waals surface area contributed by atoms with Crippen molar-refractivity contribution in [2.24, 2.45) is 0 Å². The predicted octanol–water partition coefficient (Wildman–Crippen LogP) is 2.40. The van der Waals surface area contributed by atoms with E-state index in [4.69, 9.17) is 5.11 Å². The van der Waals surface area contributed by atoms with Crippen LogP contribution in [-0.2, 0) is 0 Å². The van der Waals surface area contributed by atoms with Gasteiger partial charge in [0.15, 0.2) is 9.50 Å². The van der Waals surface area contributed by atoms with Crippen LogP contribution in [0.4, 0.5) is 0 Å². The molecule has 2 heterocycles. The van der Waals surface area contributed by atoms with Crippen molar-refractivity contribution in [1.29, 1.82) is 0 Å². The van der Waals surface area contributed by atoms with Crippen molar-refractivity contribution in [1.82, 2.24) is 15.0 Å². The Balaban J connectivity index is 2.25. The van der Waals surface area contributed by atoms with E-state index in [1.54, 1.807) is 19.2 Å². The van der Waals surface area contributed by atoms with E-state index in [1.807, 2.05) is 6.92 Å². The number of rotatable bonds is 3. The monoisotopic (exact) mass is 267 g/mol. The zero-order chi connectivity index (χ0) is 12.4. The fourth-order valence-corrected chi connectivity index (χ4v) is 3.09. The first kappa shape index (κ1) is 12.0. The topological polar surface area (TPSA) is 76.0 Å². The highest BCUT2D eigenvalue weighted by molar-refractivity contribution is 8.00. The molecule has 88 valence electrons. The number of aromatic nitrogens is 3. The molecule has 0 amide bonds. The Morgan fingerprint density at radius 1 is 1.41 bits per heavy atom. The van der Waals surface area contributed by atoms with Crippen LogP contribution in [0, 0.1) is 13.8 Å². The van der Waals surface area contributed by atoms with E-state index in [0.29, 0.717) is 15.2 Å². The van der Waals surface area contributed by atoms with Gasteiger partial charge in [0.1, 0.15) is 4.88 Å². The highest BCUT2D eigenvalue weighted by Gasteiger charge is 2.15. The van der Waals surface area contributed by atoms with Crippen LogP contribution >= 0.6 is 23.1 Å². The molecule has 0 aromatic carbocycles. The van der Waals surface area contributed by atoms with Gasteiger partial charge in [-0.1, -0.05) is 11.3 Å². The van der Waals surface area contributed by atoms with E-state index in [1.165, 1.54) is 11.8 Å². The first-order valence-corrected chi connectivity index (χ1v) is 6.38. The van der Waals surface area contributed by atoms with Crippen molar-refractivity contribution in [3.63, 3.8) is 0 Å². The average Bonchev–Trinajstić information content (AvgIpc) is 2.59. The molecule has 0 fully saturated rings. The second-order valence-corrected chi connectivity index (χ2v) is 5.50. The first-order chi connectivity index (χ1) is 8.06. The largest absolute Gasteiger partial charge is 0.477 e. The summed E-state index contributed by atoms with van der Waals surface area (Å²) >= 11 is 2.42. The van der Waals surface area contributed by atoms with E-state index < -0.39 is 5.97 Å². The predicted molar refractivity (Wildman–Crippen MR) is 64.7 cm³/mol. The fraction of sp³-hybridized carbons (Fsp3) is 0.200. The quantitative estimate of drug-likeness (QED) is 0.860. The summed E-state index contributed by atoms with van der Waals surface area (Å²) in [5, 5.41) is 9.50. The molecule has 2 aromatic rings. The maximum Gasteiger partial charge on any atom is 0.347 e. The third kappa shape index (κ3) is 2.80. The minimum Gasteiger partial charge on any atom is -0.477 e. The summed E-state index contributed by atoms with van der Waals surface area (Å²) < 4.78 is 0.644. The van der Waals surface area contributed by atoms with Gasteiger partial charge < -0.3 is 5.11 Å². The van der Waals surface area contributed by atoms with Gasteiger partial charge in [0.25, 0.3) is 0 Å². The summed E-state index contributed by atoms with van der Waals surface area (Å²) in [5.41, 5.74) is 1.40. The third-order valence-corrected chi connectivity index (χ3v) is 4.01. The van der Waals surface area contributed by atoms with Crippen molar-refractivity contribution in [3.8, 4) is 0 Å². The molecule has 0 saturated heterocycles. The lowest BCUT2D eigenvalue weighted by molar-refractivity contribution is 0.0701. The Hall–Kier alpha value is -1.47. The highest BCUT2D eigenvalue weighted by Crippen LogP contribution is 2.30. The number of carboxylic acids is 1. The van der Waals surface area contributed by atoms with Crippen LogP contribution in [0.25, 0.3) is 0 Å². The highest BCUT2D eigenvalue weighted by atomic mass is 32.2. The van der Waals surface area contributed by atoms with Crippen molar-refractivity contribution < 1.29 is 9.90 Å². The molecule has 17 heavy (non-hydrogen) atoms. The average molecular weight is 267 g/mol. The Labute approximate surface area is 106 Å². The second kappa shape index (κ2) is 4.80. The molecule has 0 saturated carbocycles. The number of carboxylic acid groups (broad SMARTS) is 1. The van der Waals surface area contributed by atoms with Crippen LogP contribution in [-0.4, -0.2) is 26.0 Å². The zero-order valence-electron chi connectivity index (χ0n) is 9.17. The van der Waals surface area contributed by atoms with E-state index in [2.05, 4.69) is 15.0 Å². The molecule has 0 aliphatic heterocycles. The Kier molecular flexibility index (Phi) is 3.39. The van der Waals surface area contributed by atoms with Crippen molar-refractivity contribution in [3.05, 3.63) is 28.5 Å². The van der Waals surface area contributed by atoms with Crippen molar-refractivity contribution in [2.75, 3.05) is 0 Å². The summed E-state index contributed by atoms with van der Waals surface area (Å²) in [6.07, 6.45) is 1.67. The van der Waals surface area contributed by atoms with E-state index in [0.717, 1.165) is 17.0 Å². The number of hydrogen-bond donors (Lipinski definition) is 1. The molecular weight excluding hydrogens is 258 g/mol. The van der Waals surface area contributed by atoms with Crippen LogP contribution in [0.3, 0.4) is 0 Å². The van der Waals surface area contributed by atoms with Gasteiger partial charge in [0.2, 0.25) is 0 Å². The van der Waals surface area contributed by atoms with Gasteiger partial charge in [-0.3, -0.25) is 0 Å². The second-order valence-electron chi connectivity index (χ2n) is 3.28. The first-order valence-electron chi connectivity index (χ1n) is 4.74. The maximum atomic E-state index is 10.9. The number of thiazole rings is 1. The standard InChI is InChI=1S/C10H9N3O2S2/c1-5-3-4-11-9(12-5)17-10-13-6(2)7(16-10)8(14)15/h3-4H,1-2H3,(H,14,15). The van der Waals surface area contributed by atoms with Crippen LogP contribution in [0.5, 0.6) is 0 Å². The number of carbonyl (C=O) groups is 1. The zero-order valence-corrected chi connectivity index (χ0v) is 10.8. The number of aromatic carboxylic acids is 1. The minimum atomic E-state index is -0.947. The van der Waals surface area contributed by atoms with Gasteiger partial charge in [-0.2, -0.15) is 0 Å². The van der Waals surface area contributed by atoms with Gasteiger partial charge in [-0.15, -0.1) is 0 Å². The summed E-state index contributed by atoms with van der Waals surface area (Å²) in [6.45, 7) is 3.56. The number of hydrogen-bond acceptors (Lipinski definition) is 6.